The minimum absolute atomic E-state index is 0.0970. The van der Waals surface area contributed by atoms with Gasteiger partial charge in [-0.05, 0) is 70.9 Å². The second-order valence-electron chi connectivity index (χ2n) is 10.3. The van der Waals surface area contributed by atoms with Crippen LogP contribution < -0.4 is 10.0 Å². The average Bonchev–Trinajstić information content (AvgIpc) is 3.13. The van der Waals surface area contributed by atoms with Crippen LogP contribution in [-0.4, -0.2) is 51.3 Å². The molecule has 2 heterocycles. The maximum atomic E-state index is 15.1. The van der Waals surface area contributed by atoms with E-state index in [1.54, 1.807) is 6.07 Å². The van der Waals surface area contributed by atoms with Gasteiger partial charge in [0.2, 0.25) is 11.8 Å². The zero-order valence-electron chi connectivity index (χ0n) is 19.8. The lowest BCUT2D eigenvalue weighted by Gasteiger charge is -2.39. The molecule has 2 saturated heterocycles. The van der Waals surface area contributed by atoms with Gasteiger partial charge < -0.3 is 9.29 Å². The van der Waals surface area contributed by atoms with Gasteiger partial charge in [-0.3, -0.25) is 19.8 Å². The van der Waals surface area contributed by atoms with E-state index in [1.165, 1.54) is 6.07 Å². The predicted octanol–water partition coefficient (Wildman–Crippen LogP) is 2.67. The number of fused-ring (bicyclic) bond motifs is 1. The fourth-order valence-electron chi connectivity index (χ4n) is 5.09. The molecule has 10 heteroatoms. The molecule has 2 aliphatic heterocycles. The number of aryl methyl sites for hydroxylation is 1. The molecule has 4 rings (SSSR count). The number of benzene rings is 1. The summed E-state index contributed by atoms with van der Waals surface area (Å²) in [5, 5.41) is 2.32. The zero-order valence-corrected chi connectivity index (χ0v) is 20.6. The summed E-state index contributed by atoms with van der Waals surface area (Å²) < 4.78 is 36.1. The summed E-state index contributed by atoms with van der Waals surface area (Å²) in [5.41, 5.74) is 0.301. The van der Waals surface area contributed by atoms with Crippen LogP contribution >= 0.6 is 0 Å². The lowest BCUT2D eigenvalue weighted by molar-refractivity contribution is -0.145. The highest BCUT2D eigenvalue weighted by Crippen LogP contribution is 2.44. The van der Waals surface area contributed by atoms with E-state index < -0.39 is 51.2 Å². The van der Waals surface area contributed by atoms with Crippen LogP contribution in [0.2, 0.25) is 0 Å². The Morgan fingerprint density at radius 3 is 2.65 bits per heavy atom. The van der Waals surface area contributed by atoms with Crippen LogP contribution in [0.1, 0.15) is 64.0 Å². The third-order valence-electron chi connectivity index (χ3n) is 6.96. The topological polar surface area (TPSA) is 111 Å². The number of carbonyl (C=O) groups excluding carboxylic acids is 3. The summed E-state index contributed by atoms with van der Waals surface area (Å²) in [6.07, 6.45) is 2.46. The van der Waals surface area contributed by atoms with Crippen molar-refractivity contribution in [1.82, 2.24) is 14.9 Å². The van der Waals surface area contributed by atoms with Crippen molar-refractivity contribution in [2.45, 2.75) is 75.6 Å². The van der Waals surface area contributed by atoms with Crippen molar-refractivity contribution in [2.24, 2.45) is 5.92 Å². The summed E-state index contributed by atoms with van der Waals surface area (Å²) in [6.45, 7) is 6.38. The number of hydrogen-bond acceptors (Lipinski definition) is 6. The summed E-state index contributed by atoms with van der Waals surface area (Å²) in [5.74, 6) is -2.64. The van der Waals surface area contributed by atoms with Gasteiger partial charge in [-0.2, -0.15) is 0 Å². The maximum Gasteiger partial charge on any atom is 0.331 e. The van der Waals surface area contributed by atoms with Crippen LogP contribution in [0.15, 0.2) is 18.2 Å². The molecule has 1 aromatic rings. The number of ether oxygens (including phenoxy) is 1. The third kappa shape index (κ3) is 4.73. The van der Waals surface area contributed by atoms with Gasteiger partial charge >= 0.3 is 6.03 Å². The van der Waals surface area contributed by atoms with Crippen molar-refractivity contribution >= 4 is 29.2 Å². The Morgan fingerprint density at radius 1 is 1.26 bits per heavy atom. The van der Waals surface area contributed by atoms with Crippen LogP contribution in [0.3, 0.4) is 0 Å². The number of halogens is 1. The quantitative estimate of drug-likeness (QED) is 0.466. The van der Waals surface area contributed by atoms with E-state index in [0.717, 1.165) is 10.5 Å². The molecule has 2 fully saturated rings. The number of imide groups is 2. The fraction of sp³-hybridized carbons (Fsp3) is 0.625. The first-order chi connectivity index (χ1) is 16.0. The zero-order chi connectivity index (χ0) is 24.7. The first-order valence-corrected chi connectivity index (χ1v) is 12.9. The molecule has 3 aliphatic rings. The molecule has 186 valence electrons. The van der Waals surface area contributed by atoms with Crippen LogP contribution in [0.4, 0.5) is 9.18 Å². The molecular formula is C24H32FN3O5S. The minimum atomic E-state index is -1.50. The Bertz CT molecular complexity index is 978. The van der Waals surface area contributed by atoms with E-state index >= 15 is 4.39 Å². The van der Waals surface area contributed by atoms with Crippen molar-refractivity contribution < 1.29 is 28.1 Å². The number of hydrogen-bond donors (Lipinski definition) is 2. The van der Waals surface area contributed by atoms with Crippen molar-refractivity contribution in [3.05, 3.63) is 35.1 Å². The van der Waals surface area contributed by atoms with Crippen molar-refractivity contribution in [2.75, 3.05) is 13.2 Å². The number of barbiturate groups is 1. The van der Waals surface area contributed by atoms with Gasteiger partial charge in [-0.1, -0.05) is 12.1 Å². The highest BCUT2D eigenvalue weighted by Gasteiger charge is 2.49. The number of urea groups is 1. The lowest BCUT2D eigenvalue weighted by Crippen LogP contribution is -2.62. The molecule has 34 heavy (non-hydrogen) atoms. The summed E-state index contributed by atoms with van der Waals surface area (Å²) >= 11 is -1.50. The molecule has 0 spiro atoms. The monoisotopic (exact) mass is 493 g/mol. The molecule has 0 saturated carbocycles. The lowest BCUT2D eigenvalue weighted by atomic mass is 9.83. The molecule has 2 unspecified atom stereocenters. The molecule has 2 N–H and O–H groups in total. The highest BCUT2D eigenvalue weighted by atomic mass is 32.2. The Kier molecular flexibility index (Phi) is 7.06. The van der Waals surface area contributed by atoms with Gasteiger partial charge in [0.05, 0.1) is 5.54 Å². The van der Waals surface area contributed by atoms with E-state index in [4.69, 9.17) is 4.74 Å². The van der Waals surface area contributed by atoms with Gasteiger partial charge in [0.1, 0.15) is 16.5 Å². The van der Waals surface area contributed by atoms with Crippen LogP contribution in [0.25, 0.3) is 0 Å². The number of rotatable bonds is 6. The Hall–Kier alpha value is -2.01. The van der Waals surface area contributed by atoms with Gasteiger partial charge in [-0.15, -0.1) is 4.72 Å². The second kappa shape index (κ2) is 9.56. The van der Waals surface area contributed by atoms with Crippen molar-refractivity contribution in [3.63, 3.8) is 0 Å². The normalized spacial score (nSPS) is 27.0. The Morgan fingerprint density at radius 2 is 1.97 bits per heavy atom. The number of nitrogens with one attached hydrogen (secondary N) is 2. The third-order valence-corrected chi connectivity index (χ3v) is 8.65. The smallest absolute Gasteiger partial charge is 0.331 e. The molecule has 1 aliphatic carbocycles. The molecule has 1 aromatic carbocycles. The van der Waals surface area contributed by atoms with E-state index in [9.17, 15) is 18.9 Å². The number of amides is 4. The fourth-order valence-corrected chi connectivity index (χ4v) is 6.05. The van der Waals surface area contributed by atoms with Gasteiger partial charge in [0, 0.05) is 36.2 Å². The second-order valence-corrected chi connectivity index (χ2v) is 12.2. The Labute approximate surface area is 202 Å². The number of nitrogens with zero attached hydrogens (tertiary/aromatic N) is 1. The molecular weight excluding hydrogens is 461 g/mol. The van der Waals surface area contributed by atoms with E-state index in [0.29, 0.717) is 44.5 Å². The largest absolute Gasteiger partial charge is 0.598 e. The van der Waals surface area contributed by atoms with E-state index in [-0.39, 0.29) is 18.9 Å². The summed E-state index contributed by atoms with van der Waals surface area (Å²) in [4.78, 5) is 39.6. The summed E-state index contributed by atoms with van der Waals surface area (Å²) in [6, 6.07) is 3.87. The molecule has 4 amide bonds. The molecule has 0 bridgehead atoms. The average molecular weight is 494 g/mol. The van der Waals surface area contributed by atoms with Gasteiger partial charge in [-0.25, -0.2) is 9.18 Å². The van der Waals surface area contributed by atoms with Crippen LogP contribution in [-0.2, 0) is 37.6 Å². The number of carbonyl (C=O) groups is 3. The van der Waals surface area contributed by atoms with E-state index in [2.05, 4.69) is 10.0 Å². The highest BCUT2D eigenvalue weighted by molar-refractivity contribution is 7.90. The van der Waals surface area contributed by atoms with Crippen molar-refractivity contribution in [1.29, 1.82) is 0 Å². The molecule has 3 atom stereocenters. The van der Waals surface area contributed by atoms with Gasteiger partial charge in [0.15, 0.2) is 0 Å². The van der Waals surface area contributed by atoms with Gasteiger partial charge in [0.25, 0.3) is 0 Å². The Balaban J connectivity index is 1.60. The SMILES string of the molecule is CC(C)(C)[S+]([O-])N[C@@]1(CCC2C(=O)NC(=O)N(C3CCOCC3)C2=O)CCc2cccc(F)c21. The van der Waals surface area contributed by atoms with E-state index in [1.807, 2.05) is 26.8 Å². The summed E-state index contributed by atoms with van der Waals surface area (Å²) in [7, 11) is 0. The van der Waals surface area contributed by atoms with Crippen LogP contribution in [0.5, 0.6) is 0 Å². The molecule has 8 nitrogen and oxygen atoms in total. The molecule has 0 aromatic heterocycles. The first-order valence-electron chi connectivity index (χ1n) is 11.8. The van der Waals surface area contributed by atoms with Crippen LogP contribution in [0, 0.1) is 11.7 Å². The minimum Gasteiger partial charge on any atom is -0.598 e. The first kappa shape index (κ1) is 25.1. The predicted molar refractivity (Wildman–Crippen MR) is 124 cm³/mol. The van der Waals surface area contributed by atoms with Crippen molar-refractivity contribution in [3.8, 4) is 0 Å². The maximum absolute atomic E-state index is 15.1. The standard InChI is InChI=1S/C24H32FN3O5S/c1-23(2,3)34(32)27-24(11-7-15-5-4-6-18(25)19(15)24)12-8-17-20(29)26-22(31)28(21(17)30)16-9-13-33-14-10-16/h4-6,16-17,27H,7-14H2,1-3H3,(H,26,29,31)/t17?,24-,34?/m1/s1. The molecule has 0 radical (unpaired) electrons.